The number of nitrogens with zero attached hydrogens (tertiary/aromatic N) is 2. The molecular formula is C15H23BN4. The van der Waals surface area contributed by atoms with E-state index in [4.69, 9.17) is 4.90 Å². The maximum absolute atomic E-state index is 5.07. The van der Waals surface area contributed by atoms with Gasteiger partial charge in [-0.2, -0.15) is 0 Å². The van der Waals surface area contributed by atoms with E-state index in [2.05, 4.69) is 59.8 Å². The summed E-state index contributed by atoms with van der Waals surface area (Å²) in [5.41, 5.74) is 2.44. The van der Waals surface area contributed by atoms with E-state index >= 15 is 0 Å². The molecule has 0 saturated heterocycles. The van der Waals surface area contributed by atoms with Gasteiger partial charge < -0.3 is 9.38 Å². The lowest BCUT2D eigenvalue weighted by molar-refractivity contribution is -0.504. The summed E-state index contributed by atoms with van der Waals surface area (Å²) in [7, 11) is 0. The molecule has 20 heavy (non-hydrogen) atoms. The first-order valence-electron chi connectivity index (χ1n) is 7.75. The Hall–Kier alpha value is -1.78. The third-order valence-corrected chi connectivity index (χ3v) is 4.37. The molecule has 0 saturated carbocycles. The Morgan fingerprint density at radius 3 is 2.55 bits per heavy atom. The maximum Gasteiger partial charge on any atom is 0.317 e. The van der Waals surface area contributed by atoms with Gasteiger partial charge in [0, 0.05) is 6.92 Å². The van der Waals surface area contributed by atoms with Crippen molar-refractivity contribution >= 4 is 29.2 Å². The van der Waals surface area contributed by atoms with Crippen LogP contribution in [-0.4, -0.2) is 17.2 Å². The smallest absolute Gasteiger partial charge is 0.317 e. The second kappa shape index (κ2) is 4.96. The number of imidazole rings is 1. The van der Waals surface area contributed by atoms with Crippen molar-refractivity contribution in [1.29, 1.82) is 0 Å². The number of fused-ring (bicyclic) bond motifs is 3. The summed E-state index contributed by atoms with van der Waals surface area (Å²) in [6.07, 6.45) is 3.65. The lowest BCUT2D eigenvalue weighted by Gasteiger charge is -2.38. The minimum atomic E-state index is -0.920. The zero-order valence-electron chi connectivity index (χ0n) is 12.6. The molecule has 0 unspecified atom stereocenters. The van der Waals surface area contributed by atoms with Crippen LogP contribution in [0.4, 0.5) is 5.95 Å². The molecule has 2 N–H and O–H groups in total. The number of aromatic nitrogens is 2. The molecule has 0 radical (unpaired) electrons. The zero-order chi connectivity index (χ0) is 14.2. The molecule has 106 valence electrons. The highest BCUT2D eigenvalue weighted by Crippen LogP contribution is 2.26. The van der Waals surface area contributed by atoms with Gasteiger partial charge in [0.05, 0.1) is 5.52 Å². The number of aromatic amines is 1. The topological polar surface area (TPSA) is 44.1 Å². The Bertz CT molecular complexity index is 653. The number of nitrogens with one attached hydrogen (secondary N) is 2. The first-order valence-corrected chi connectivity index (χ1v) is 7.75. The third kappa shape index (κ3) is 1.92. The highest BCUT2D eigenvalue weighted by molar-refractivity contribution is 6.72. The normalized spacial score (nSPS) is 16.6. The van der Waals surface area contributed by atoms with Gasteiger partial charge in [-0.25, -0.2) is 10.3 Å². The molecule has 5 heteroatoms. The average Bonchev–Trinajstić information content (AvgIpc) is 2.77. The van der Waals surface area contributed by atoms with Crippen LogP contribution >= 0.6 is 0 Å². The second-order valence-electron chi connectivity index (χ2n) is 5.91. The number of para-hydroxylation sites is 2. The van der Waals surface area contributed by atoms with Crippen molar-refractivity contribution in [3.63, 3.8) is 0 Å². The van der Waals surface area contributed by atoms with Gasteiger partial charge in [-0.15, -0.1) is 12.6 Å². The molecule has 0 amide bonds. The zero-order valence-corrected chi connectivity index (χ0v) is 12.6. The van der Waals surface area contributed by atoms with Crippen LogP contribution in [0, 0.1) is 0 Å². The number of hydrogen-bond donors (Lipinski definition) is 2. The second-order valence-corrected chi connectivity index (χ2v) is 5.91. The van der Waals surface area contributed by atoms with Gasteiger partial charge in [0.15, 0.2) is 0 Å². The molecule has 1 aliphatic heterocycles. The Labute approximate surface area is 120 Å². The number of amidine groups is 1. The highest BCUT2D eigenvalue weighted by atomic mass is 15.3. The fourth-order valence-electron chi connectivity index (χ4n) is 3.77. The van der Waals surface area contributed by atoms with Crippen LogP contribution in [0.1, 0.15) is 33.6 Å². The Morgan fingerprint density at radius 1 is 1.15 bits per heavy atom. The molecule has 0 spiro atoms. The highest BCUT2D eigenvalue weighted by Gasteiger charge is 2.37. The summed E-state index contributed by atoms with van der Waals surface area (Å²) in [6, 6.07) is 8.51. The van der Waals surface area contributed by atoms with Gasteiger partial charge in [-0.05, 0) is 12.1 Å². The molecule has 0 atom stereocenters. The molecular weight excluding hydrogens is 247 g/mol. The summed E-state index contributed by atoms with van der Waals surface area (Å²) < 4.78 is 2.43. The quantitative estimate of drug-likeness (QED) is 0.821. The van der Waals surface area contributed by atoms with Gasteiger partial charge in [0.25, 0.3) is 6.42 Å². The molecule has 1 aromatic carbocycles. The monoisotopic (exact) mass is 270 g/mol. The minimum Gasteiger partial charge on any atom is -0.435 e. The first kappa shape index (κ1) is 13.2. The van der Waals surface area contributed by atoms with Crippen LogP contribution in [0.15, 0.2) is 29.2 Å². The Balaban J connectivity index is 2.26. The number of rotatable bonds is 4. The lowest BCUT2D eigenvalue weighted by Crippen LogP contribution is -2.66. The van der Waals surface area contributed by atoms with Crippen LogP contribution in [0.5, 0.6) is 0 Å². The van der Waals surface area contributed by atoms with Gasteiger partial charge in [0.2, 0.25) is 0 Å². The van der Waals surface area contributed by atoms with Gasteiger partial charge in [-0.3, -0.25) is 0 Å². The number of H-pyrrole nitrogens is 1. The summed E-state index contributed by atoms with van der Waals surface area (Å²) in [5, 5.41) is 3.39. The largest absolute Gasteiger partial charge is 0.435 e. The third-order valence-electron chi connectivity index (χ3n) is 4.37. The van der Waals surface area contributed by atoms with E-state index in [0.29, 0.717) is 0 Å². The standard InChI is InChI=1S/C15H23BN4/c1-4-10-16(11-5-2)19-12(3)17-15-18-13-8-6-7-9-14(13)20(15)16/h6-9,18H,4-5,10-11H2,1-3H3,(H,17,19). The predicted molar refractivity (Wildman–Crippen MR) is 86.6 cm³/mol. The molecule has 2 aromatic rings. The van der Waals surface area contributed by atoms with Crippen LogP contribution in [0.3, 0.4) is 0 Å². The molecule has 0 aliphatic carbocycles. The summed E-state index contributed by atoms with van der Waals surface area (Å²) in [4.78, 5) is 8.57. The van der Waals surface area contributed by atoms with Crippen molar-refractivity contribution in [2.75, 3.05) is 5.32 Å². The molecule has 0 bridgehead atoms. The van der Waals surface area contributed by atoms with Crippen molar-refractivity contribution in [2.24, 2.45) is 4.90 Å². The minimum absolute atomic E-state index is 0.920. The molecule has 4 nitrogen and oxygen atoms in total. The fourth-order valence-corrected chi connectivity index (χ4v) is 3.77. The van der Waals surface area contributed by atoms with Crippen LogP contribution in [-0.2, 0) is 0 Å². The molecule has 0 fully saturated rings. The van der Waals surface area contributed by atoms with Crippen molar-refractivity contribution in [1.82, 2.24) is 4.98 Å². The predicted octanol–water partition coefficient (Wildman–Crippen LogP) is 3.41. The molecule has 1 aromatic heterocycles. The van der Waals surface area contributed by atoms with Crippen molar-refractivity contribution in [3.05, 3.63) is 24.3 Å². The fraction of sp³-hybridized carbons (Fsp3) is 0.467. The first-order chi connectivity index (χ1) is 9.70. The van der Waals surface area contributed by atoms with E-state index < -0.39 is 6.42 Å². The van der Waals surface area contributed by atoms with E-state index in [1.54, 1.807) is 0 Å². The number of benzene rings is 1. The van der Waals surface area contributed by atoms with E-state index in [9.17, 15) is 0 Å². The molecule has 1 aliphatic rings. The van der Waals surface area contributed by atoms with Crippen LogP contribution in [0.2, 0.25) is 12.6 Å². The van der Waals surface area contributed by atoms with Crippen LogP contribution < -0.4 is 9.79 Å². The van der Waals surface area contributed by atoms with E-state index in [0.717, 1.165) is 37.3 Å². The van der Waals surface area contributed by atoms with Crippen LogP contribution in [0.25, 0.3) is 11.0 Å². The number of anilines is 1. The summed E-state index contributed by atoms with van der Waals surface area (Å²) in [6.45, 7) is 6.57. The Kier molecular flexibility index (Phi) is 3.28. The summed E-state index contributed by atoms with van der Waals surface area (Å²) >= 11 is 0. The van der Waals surface area contributed by atoms with E-state index in [-0.39, 0.29) is 0 Å². The molecule has 3 rings (SSSR count). The lowest BCUT2D eigenvalue weighted by atomic mass is 9.40. The van der Waals surface area contributed by atoms with Gasteiger partial charge >= 0.3 is 5.95 Å². The average molecular weight is 270 g/mol. The molecule has 2 heterocycles. The van der Waals surface area contributed by atoms with E-state index in [1.165, 1.54) is 11.0 Å². The summed E-state index contributed by atoms with van der Waals surface area (Å²) in [5.74, 6) is 2.11. The Morgan fingerprint density at radius 2 is 1.85 bits per heavy atom. The van der Waals surface area contributed by atoms with Crippen molar-refractivity contribution < 1.29 is 4.48 Å². The van der Waals surface area contributed by atoms with Crippen molar-refractivity contribution in [2.45, 2.75) is 46.3 Å². The van der Waals surface area contributed by atoms with Crippen molar-refractivity contribution in [3.8, 4) is 0 Å². The SMILES string of the molecule is CCC[B-]1(CCC)N=C(C)Nc2[nH]c3ccccc3[n+]21. The van der Waals surface area contributed by atoms with Gasteiger partial charge in [-0.1, -0.05) is 38.8 Å². The van der Waals surface area contributed by atoms with Gasteiger partial charge in [0.1, 0.15) is 11.4 Å². The maximum atomic E-state index is 5.07. The van der Waals surface area contributed by atoms with E-state index in [1.807, 2.05) is 0 Å². The number of hydrogen-bond acceptors (Lipinski definition) is 2.